The van der Waals surface area contributed by atoms with Crippen LogP contribution in [-0.4, -0.2) is 38.9 Å². The number of unbranched alkanes of at least 4 members (excludes halogenated alkanes) is 1. The number of hydrogen-bond acceptors (Lipinski definition) is 3. The fourth-order valence-corrected chi connectivity index (χ4v) is 3.67. The summed E-state index contributed by atoms with van der Waals surface area (Å²) in [5.41, 5.74) is 5.72. The number of rotatable bonds is 7. The van der Waals surface area contributed by atoms with Gasteiger partial charge in [0, 0.05) is 19.6 Å². The summed E-state index contributed by atoms with van der Waals surface area (Å²) in [7, 11) is -1.71. The number of nitrogens with one attached hydrogen (secondary N) is 1. The van der Waals surface area contributed by atoms with E-state index in [0.717, 1.165) is 38.5 Å². The zero-order chi connectivity index (χ0) is 13.6. The summed E-state index contributed by atoms with van der Waals surface area (Å²) < 4.78 is 28.5. The fourth-order valence-electron chi connectivity index (χ4n) is 2.43. The highest BCUT2D eigenvalue weighted by molar-refractivity contribution is 7.87. The summed E-state index contributed by atoms with van der Waals surface area (Å²) >= 11 is 0. The molecule has 108 valence electrons. The summed E-state index contributed by atoms with van der Waals surface area (Å²) in [4.78, 5) is 0. The molecule has 0 aromatic carbocycles. The van der Waals surface area contributed by atoms with Crippen molar-refractivity contribution in [2.75, 3.05) is 20.1 Å². The highest BCUT2D eigenvalue weighted by Crippen LogP contribution is 2.24. The minimum absolute atomic E-state index is 0.0119. The lowest BCUT2D eigenvalue weighted by Crippen LogP contribution is -2.49. The van der Waals surface area contributed by atoms with Crippen molar-refractivity contribution < 1.29 is 8.42 Å². The molecule has 0 aliphatic heterocycles. The van der Waals surface area contributed by atoms with Crippen LogP contribution in [0.25, 0.3) is 0 Å². The van der Waals surface area contributed by atoms with Gasteiger partial charge in [0.1, 0.15) is 0 Å². The highest BCUT2D eigenvalue weighted by Gasteiger charge is 2.29. The molecule has 0 radical (unpaired) electrons. The summed E-state index contributed by atoms with van der Waals surface area (Å²) in [6.45, 7) is 3.19. The van der Waals surface area contributed by atoms with Crippen LogP contribution in [0.2, 0.25) is 0 Å². The van der Waals surface area contributed by atoms with Crippen LogP contribution in [0.3, 0.4) is 0 Å². The van der Waals surface area contributed by atoms with E-state index in [4.69, 9.17) is 5.73 Å². The molecule has 0 aromatic heterocycles. The van der Waals surface area contributed by atoms with Crippen molar-refractivity contribution >= 4 is 10.2 Å². The van der Waals surface area contributed by atoms with Gasteiger partial charge in [0.15, 0.2) is 0 Å². The van der Waals surface area contributed by atoms with Crippen LogP contribution in [0.1, 0.15) is 45.4 Å². The predicted octanol–water partition coefficient (Wildman–Crippen LogP) is 1.07. The van der Waals surface area contributed by atoms with Gasteiger partial charge in [-0.25, -0.2) is 0 Å². The van der Waals surface area contributed by atoms with E-state index in [2.05, 4.69) is 11.6 Å². The quantitative estimate of drug-likeness (QED) is 0.731. The van der Waals surface area contributed by atoms with Crippen LogP contribution in [0.15, 0.2) is 0 Å². The third-order valence-electron chi connectivity index (χ3n) is 3.75. The third-order valence-corrected chi connectivity index (χ3v) is 5.35. The monoisotopic (exact) mass is 277 g/mol. The second-order valence-corrected chi connectivity index (χ2v) is 6.99. The number of hydrogen-bond donors (Lipinski definition) is 2. The molecule has 2 unspecified atom stereocenters. The molecule has 3 N–H and O–H groups in total. The van der Waals surface area contributed by atoms with E-state index in [1.165, 1.54) is 4.31 Å². The Bertz CT molecular complexity index is 332. The summed E-state index contributed by atoms with van der Waals surface area (Å²) in [6, 6.07) is 0.0119. The number of nitrogens with two attached hydrogens (primary N) is 1. The van der Waals surface area contributed by atoms with E-state index in [9.17, 15) is 8.42 Å². The van der Waals surface area contributed by atoms with E-state index in [1.807, 2.05) is 0 Å². The van der Waals surface area contributed by atoms with Gasteiger partial charge in [0.2, 0.25) is 0 Å². The molecule has 0 aromatic rings. The fraction of sp³-hybridized carbons (Fsp3) is 1.00. The maximum absolute atomic E-state index is 12.1. The minimum atomic E-state index is -3.35. The molecule has 1 saturated carbocycles. The predicted molar refractivity (Wildman–Crippen MR) is 74.4 cm³/mol. The molecular formula is C12H27N3O2S. The molecule has 6 heteroatoms. The molecule has 1 aliphatic rings. The van der Waals surface area contributed by atoms with Gasteiger partial charge in [0.25, 0.3) is 10.2 Å². The SMILES string of the molecule is CCCCN(C)S(=O)(=O)NC1CCCCC1CN. The molecule has 0 bridgehead atoms. The normalized spacial score (nSPS) is 25.6. The molecule has 0 saturated heterocycles. The Morgan fingerprint density at radius 2 is 2.00 bits per heavy atom. The van der Waals surface area contributed by atoms with Gasteiger partial charge in [-0.15, -0.1) is 0 Å². The van der Waals surface area contributed by atoms with Crippen molar-refractivity contribution in [1.29, 1.82) is 0 Å². The molecule has 2 atom stereocenters. The van der Waals surface area contributed by atoms with Crippen molar-refractivity contribution in [3.63, 3.8) is 0 Å². The van der Waals surface area contributed by atoms with Gasteiger partial charge >= 0.3 is 0 Å². The lowest BCUT2D eigenvalue weighted by molar-refractivity contribution is 0.290. The summed E-state index contributed by atoms with van der Waals surface area (Å²) in [5.74, 6) is 0.285. The largest absolute Gasteiger partial charge is 0.330 e. The molecule has 0 heterocycles. The van der Waals surface area contributed by atoms with Crippen LogP contribution in [-0.2, 0) is 10.2 Å². The maximum Gasteiger partial charge on any atom is 0.279 e. The minimum Gasteiger partial charge on any atom is -0.330 e. The van der Waals surface area contributed by atoms with Crippen molar-refractivity contribution in [2.45, 2.75) is 51.5 Å². The van der Waals surface area contributed by atoms with Gasteiger partial charge in [-0.05, 0) is 31.7 Å². The van der Waals surface area contributed by atoms with Crippen molar-refractivity contribution in [2.24, 2.45) is 11.7 Å². The second kappa shape index (κ2) is 7.43. The van der Waals surface area contributed by atoms with Gasteiger partial charge < -0.3 is 5.73 Å². The molecule has 1 aliphatic carbocycles. The average Bonchev–Trinajstić information content (AvgIpc) is 2.36. The van der Waals surface area contributed by atoms with Crippen molar-refractivity contribution in [1.82, 2.24) is 9.03 Å². The zero-order valence-electron chi connectivity index (χ0n) is 11.6. The topological polar surface area (TPSA) is 75.4 Å². The van der Waals surface area contributed by atoms with Gasteiger partial charge in [-0.1, -0.05) is 26.2 Å². The zero-order valence-corrected chi connectivity index (χ0v) is 12.4. The molecule has 5 nitrogen and oxygen atoms in total. The van der Waals surface area contributed by atoms with Gasteiger partial charge in [-0.3, -0.25) is 0 Å². The number of nitrogens with zero attached hydrogens (tertiary/aromatic N) is 1. The van der Waals surface area contributed by atoms with Gasteiger partial charge in [0.05, 0.1) is 0 Å². The molecular weight excluding hydrogens is 250 g/mol. The Morgan fingerprint density at radius 1 is 1.33 bits per heavy atom. The first-order valence-corrected chi connectivity index (χ1v) is 8.39. The van der Waals surface area contributed by atoms with Crippen molar-refractivity contribution in [3.8, 4) is 0 Å². The Labute approximate surface area is 111 Å². The smallest absolute Gasteiger partial charge is 0.279 e. The first kappa shape index (κ1) is 15.9. The van der Waals surface area contributed by atoms with Crippen LogP contribution in [0.4, 0.5) is 0 Å². The highest BCUT2D eigenvalue weighted by atomic mass is 32.2. The van der Waals surface area contributed by atoms with E-state index >= 15 is 0 Å². The Kier molecular flexibility index (Phi) is 6.55. The summed E-state index contributed by atoms with van der Waals surface area (Å²) in [5, 5.41) is 0. The third kappa shape index (κ3) is 4.50. The molecule has 0 amide bonds. The lowest BCUT2D eigenvalue weighted by Gasteiger charge is -2.32. The van der Waals surface area contributed by atoms with Crippen LogP contribution in [0.5, 0.6) is 0 Å². The first-order chi connectivity index (χ1) is 8.51. The van der Waals surface area contributed by atoms with Crippen molar-refractivity contribution in [3.05, 3.63) is 0 Å². The van der Waals surface area contributed by atoms with E-state index in [-0.39, 0.29) is 12.0 Å². The Hall–Kier alpha value is -0.170. The average molecular weight is 277 g/mol. The van der Waals surface area contributed by atoms with E-state index < -0.39 is 10.2 Å². The lowest BCUT2D eigenvalue weighted by atomic mass is 9.85. The Morgan fingerprint density at radius 3 is 2.61 bits per heavy atom. The first-order valence-electron chi connectivity index (χ1n) is 6.95. The van der Waals surface area contributed by atoms with E-state index in [0.29, 0.717) is 13.1 Å². The van der Waals surface area contributed by atoms with Crippen LogP contribution in [0, 0.1) is 5.92 Å². The molecule has 0 spiro atoms. The second-order valence-electron chi connectivity index (χ2n) is 5.18. The van der Waals surface area contributed by atoms with E-state index in [1.54, 1.807) is 7.05 Å². The standard InChI is InChI=1S/C12H27N3O2S/c1-3-4-9-15(2)18(16,17)14-12-8-6-5-7-11(12)10-13/h11-12,14H,3-10,13H2,1-2H3. The molecule has 1 fully saturated rings. The maximum atomic E-state index is 12.1. The molecule has 18 heavy (non-hydrogen) atoms. The molecule has 1 rings (SSSR count). The van der Waals surface area contributed by atoms with Crippen LogP contribution < -0.4 is 10.5 Å². The summed E-state index contributed by atoms with van der Waals surface area (Å²) in [6.07, 6.45) is 6.07. The van der Waals surface area contributed by atoms with Crippen LogP contribution >= 0.6 is 0 Å². The Balaban J connectivity index is 2.57. The van der Waals surface area contributed by atoms with Gasteiger partial charge in [-0.2, -0.15) is 17.4 Å².